The molecule has 0 saturated heterocycles. The van der Waals surface area contributed by atoms with Crippen molar-refractivity contribution in [1.29, 1.82) is 0 Å². The van der Waals surface area contributed by atoms with E-state index in [1.54, 1.807) is 5.57 Å². The largest absolute Gasteiger partial charge is 0.0851 e. The van der Waals surface area contributed by atoms with Crippen LogP contribution in [0.25, 0.3) is 0 Å². The fourth-order valence-corrected chi connectivity index (χ4v) is 3.29. The molecule has 0 aliphatic heterocycles. The van der Waals surface area contributed by atoms with E-state index in [0.717, 1.165) is 17.8 Å². The number of rotatable bonds is 13. The summed E-state index contributed by atoms with van der Waals surface area (Å²) in [6.07, 6.45) is 16.3. The Balaban J connectivity index is 3.67. The van der Waals surface area contributed by atoms with E-state index in [4.69, 9.17) is 0 Å². The fraction of sp³-hybridized carbons (Fsp3) is 0.917. The first kappa shape index (κ1) is 23.7. The molecule has 0 aromatic carbocycles. The van der Waals surface area contributed by atoms with Crippen molar-refractivity contribution in [2.24, 2.45) is 23.2 Å². The van der Waals surface area contributed by atoms with Crippen LogP contribution in [0.4, 0.5) is 0 Å². The molecule has 2 unspecified atom stereocenters. The lowest BCUT2D eigenvalue weighted by atomic mass is 9.90. The molecule has 0 bridgehead atoms. The second-order valence-corrected chi connectivity index (χ2v) is 10.2. The van der Waals surface area contributed by atoms with Gasteiger partial charge in [-0.25, -0.2) is 0 Å². The average molecular weight is 337 g/mol. The van der Waals surface area contributed by atoms with Crippen molar-refractivity contribution in [2.45, 2.75) is 120 Å². The van der Waals surface area contributed by atoms with E-state index >= 15 is 0 Å². The van der Waals surface area contributed by atoms with Crippen LogP contribution in [0.1, 0.15) is 120 Å². The highest BCUT2D eigenvalue weighted by atomic mass is 14.1. The molecule has 0 heterocycles. The second kappa shape index (κ2) is 13.0. The molecule has 0 radical (unpaired) electrons. The van der Waals surface area contributed by atoms with Gasteiger partial charge >= 0.3 is 0 Å². The van der Waals surface area contributed by atoms with Crippen molar-refractivity contribution >= 4 is 0 Å². The zero-order chi connectivity index (χ0) is 18.6. The van der Waals surface area contributed by atoms with Crippen LogP contribution in [0, 0.1) is 23.2 Å². The van der Waals surface area contributed by atoms with Gasteiger partial charge in [0.25, 0.3) is 0 Å². The fourth-order valence-electron chi connectivity index (χ4n) is 3.29. The first-order chi connectivity index (χ1) is 11.1. The summed E-state index contributed by atoms with van der Waals surface area (Å²) in [5.74, 6) is 2.71. The molecular formula is C24H48. The Labute approximate surface area is 154 Å². The van der Waals surface area contributed by atoms with E-state index < -0.39 is 0 Å². The van der Waals surface area contributed by atoms with Gasteiger partial charge in [-0.3, -0.25) is 0 Å². The Kier molecular flexibility index (Phi) is 12.9. The van der Waals surface area contributed by atoms with Gasteiger partial charge < -0.3 is 0 Å². The van der Waals surface area contributed by atoms with Gasteiger partial charge in [-0.2, -0.15) is 0 Å². The van der Waals surface area contributed by atoms with E-state index in [1.165, 1.54) is 64.2 Å². The maximum Gasteiger partial charge on any atom is -0.0299 e. The molecular weight excluding hydrogens is 288 g/mol. The Hall–Kier alpha value is -0.260. The lowest BCUT2D eigenvalue weighted by Crippen LogP contribution is -2.02. The van der Waals surface area contributed by atoms with E-state index in [9.17, 15) is 0 Å². The molecule has 0 spiro atoms. The molecule has 0 aliphatic rings. The van der Waals surface area contributed by atoms with Crippen molar-refractivity contribution in [3.63, 3.8) is 0 Å². The highest BCUT2D eigenvalue weighted by molar-refractivity contribution is 4.99. The van der Waals surface area contributed by atoms with Gasteiger partial charge in [-0.15, -0.1) is 0 Å². The molecule has 0 fully saturated rings. The van der Waals surface area contributed by atoms with Crippen LogP contribution in [0.5, 0.6) is 0 Å². The third-order valence-corrected chi connectivity index (χ3v) is 5.20. The van der Waals surface area contributed by atoms with E-state index in [0.29, 0.717) is 5.41 Å². The van der Waals surface area contributed by atoms with Gasteiger partial charge in [-0.1, -0.05) is 105 Å². The SMILES string of the molecule is C/C(=C\CC(C)(C)C)CCCC(C)CCCC(C)CCCC(C)C. The summed E-state index contributed by atoms with van der Waals surface area (Å²) in [6.45, 7) is 18.9. The predicted molar refractivity (Wildman–Crippen MR) is 113 cm³/mol. The lowest BCUT2D eigenvalue weighted by Gasteiger charge is -2.16. The number of hydrogen-bond acceptors (Lipinski definition) is 0. The summed E-state index contributed by atoms with van der Waals surface area (Å²) in [7, 11) is 0. The van der Waals surface area contributed by atoms with Crippen molar-refractivity contribution in [2.75, 3.05) is 0 Å². The van der Waals surface area contributed by atoms with Crippen molar-refractivity contribution in [3.8, 4) is 0 Å². The molecule has 0 nitrogen and oxygen atoms in total. The van der Waals surface area contributed by atoms with Gasteiger partial charge in [0.15, 0.2) is 0 Å². The highest BCUT2D eigenvalue weighted by Gasteiger charge is 2.08. The summed E-state index contributed by atoms with van der Waals surface area (Å²) in [5.41, 5.74) is 2.02. The average Bonchev–Trinajstić information content (AvgIpc) is 2.44. The standard InChI is InChI=1S/C24H48/c1-20(2)12-9-13-21(3)14-10-15-22(4)16-11-17-23(5)18-19-24(6,7)8/h18,20-22H,9-17,19H2,1-8H3/b23-18+. The first-order valence-corrected chi connectivity index (χ1v) is 10.8. The van der Waals surface area contributed by atoms with Gasteiger partial charge in [0.1, 0.15) is 0 Å². The molecule has 24 heavy (non-hydrogen) atoms. The third-order valence-electron chi connectivity index (χ3n) is 5.20. The van der Waals surface area contributed by atoms with Crippen LogP contribution in [0.2, 0.25) is 0 Å². The van der Waals surface area contributed by atoms with Gasteiger partial charge in [-0.05, 0) is 49.4 Å². The smallest absolute Gasteiger partial charge is 0.0299 e. The summed E-state index contributed by atoms with van der Waals surface area (Å²) in [6, 6.07) is 0. The van der Waals surface area contributed by atoms with E-state index in [2.05, 4.69) is 61.5 Å². The summed E-state index contributed by atoms with van der Waals surface area (Å²) in [5, 5.41) is 0. The van der Waals surface area contributed by atoms with Crippen LogP contribution in [0.15, 0.2) is 11.6 Å². The summed E-state index contributed by atoms with van der Waals surface area (Å²) < 4.78 is 0. The van der Waals surface area contributed by atoms with Crippen molar-refractivity contribution in [3.05, 3.63) is 11.6 Å². The maximum absolute atomic E-state index is 2.46. The van der Waals surface area contributed by atoms with Gasteiger partial charge in [0.05, 0.1) is 0 Å². The number of allylic oxidation sites excluding steroid dienone is 2. The second-order valence-electron chi connectivity index (χ2n) is 10.2. The Morgan fingerprint density at radius 3 is 1.67 bits per heavy atom. The zero-order valence-electron chi connectivity index (χ0n) is 18.4. The first-order valence-electron chi connectivity index (χ1n) is 10.8. The topological polar surface area (TPSA) is 0 Å². The monoisotopic (exact) mass is 336 g/mol. The predicted octanol–water partition coefficient (Wildman–Crippen LogP) is 8.81. The highest BCUT2D eigenvalue weighted by Crippen LogP contribution is 2.23. The minimum Gasteiger partial charge on any atom is -0.0851 e. The van der Waals surface area contributed by atoms with Crippen molar-refractivity contribution < 1.29 is 0 Å². The molecule has 2 atom stereocenters. The van der Waals surface area contributed by atoms with Crippen molar-refractivity contribution in [1.82, 2.24) is 0 Å². The minimum absolute atomic E-state index is 0.431. The molecule has 144 valence electrons. The number of hydrogen-bond donors (Lipinski definition) is 0. The van der Waals surface area contributed by atoms with Crippen LogP contribution in [-0.4, -0.2) is 0 Å². The minimum atomic E-state index is 0.431. The zero-order valence-corrected chi connectivity index (χ0v) is 18.4. The Morgan fingerprint density at radius 2 is 1.21 bits per heavy atom. The van der Waals surface area contributed by atoms with Crippen LogP contribution >= 0.6 is 0 Å². The van der Waals surface area contributed by atoms with Gasteiger partial charge in [0.2, 0.25) is 0 Å². The van der Waals surface area contributed by atoms with Crippen LogP contribution in [0.3, 0.4) is 0 Å². The normalized spacial score (nSPS) is 15.8. The Morgan fingerprint density at radius 1 is 0.750 bits per heavy atom. The molecule has 0 heteroatoms. The van der Waals surface area contributed by atoms with E-state index in [1.807, 2.05) is 0 Å². The quantitative estimate of drug-likeness (QED) is 0.295. The van der Waals surface area contributed by atoms with E-state index in [-0.39, 0.29) is 0 Å². The van der Waals surface area contributed by atoms with Crippen LogP contribution < -0.4 is 0 Å². The molecule has 0 saturated carbocycles. The molecule has 0 aliphatic carbocycles. The molecule has 0 N–H and O–H groups in total. The van der Waals surface area contributed by atoms with Crippen LogP contribution in [-0.2, 0) is 0 Å². The Bertz CT molecular complexity index is 315. The lowest BCUT2D eigenvalue weighted by molar-refractivity contribution is 0.388. The molecule has 0 amide bonds. The molecule has 0 aromatic heterocycles. The third kappa shape index (κ3) is 16.6. The molecule has 0 rings (SSSR count). The molecule has 0 aromatic rings. The summed E-state index contributed by atoms with van der Waals surface area (Å²) in [4.78, 5) is 0. The van der Waals surface area contributed by atoms with Gasteiger partial charge in [0, 0.05) is 0 Å². The maximum atomic E-state index is 2.46. The summed E-state index contributed by atoms with van der Waals surface area (Å²) >= 11 is 0.